The summed E-state index contributed by atoms with van der Waals surface area (Å²) in [5, 5.41) is 3.18. The van der Waals surface area contributed by atoms with Crippen molar-refractivity contribution >= 4 is 20.4 Å². The van der Waals surface area contributed by atoms with Crippen LogP contribution in [0, 0.1) is 0 Å². The summed E-state index contributed by atoms with van der Waals surface area (Å²) in [6.45, 7) is 0. The molecule has 0 atom stereocenters. The quantitative estimate of drug-likeness (QED) is 0.481. The molecule has 5 heteroatoms. The third-order valence-electron chi connectivity index (χ3n) is 1.94. The fraction of sp³-hybridized carbons (Fsp3) is 0.667. The third-order valence-corrected chi connectivity index (χ3v) is 2.99. The van der Waals surface area contributed by atoms with Gasteiger partial charge in [0.2, 0.25) is 11.8 Å². The lowest BCUT2D eigenvalue weighted by molar-refractivity contribution is -0.164. The average Bonchev–Trinajstić information content (AvgIpc) is 2.45. The number of rotatable bonds is 0. The molecule has 0 aromatic rings. The number of carbonyl (C=O) groups is 2. The van der Waals surface area contributed by atoms with E-state index in [0.717, 1.165) is 12.6 Å². The number of amides is 2. The molecule has 0 unspecified atom stereocenters. The maximum atomic E-state index is 11.2. The van der Waals surface area contributed by atoms with E-state index in [2.05, 4.69) is 0 Å². The summed E-state index contributed by atoms with van der Waals surface area (Å²) in [5.74, 6) is 0.212. The Hall–Kier alpha value is -0.630. The summed E-state index contributed by atoms with van der Waals surface area (Å²) in [6.07, 6.45) is 2.31. The van der Waals surface area contributed by atoms with Crippen LogP contribution in [0.25, 0.3) is 0 Å². The van der Waals surface area contributed by atoms with Crippen LogP contribution in [-0.4, -0.2) is 34.4 Å². The van der Waals surface area contributed by atoms with Gasteiger partial charge in [-0.2, -0.15) is 0 Å². The minimum atomic E-state index is 0.106. The summed E-state index contributed by atoms with van der Waals surface area (Å²) >= 11 is 0. The maximum absolute atomic E-state index is 11.2. The Bertz CT molecular complexity index is 197. The Kier molecular flexibility index (Phi) is 1.57. The summed E-state index contributed by atoms with van der Waals surface area (Å²) in [5.41, 5.74) is 0. The first-order chi connectivity index (χ1) is 5.29. The molecule has 0 bridgehead atoms. The molecule has 11 heavy (non-hydrogen) atoms. The van der Waals surface area contributed by atoms with Crippen LogP contribution in [0.4, 0.5) is 0 Å². The standard InChI is InChI=1S/C6H9N2O2P/c9-5-1-2-6(10)8-4-11-3-7(5)8/h11H,1-4H2. The summed E-state index contributed by atoms with van der Waals surface area (Å²) in [6, 6.07) is 0. The molecule has 60 valence electrons. The van der Waals surface area contributed by atoms with E-state index in [0.29, 0.717) is 21.4 Å². The average molecular weight is 172 g/mol. The van der Waals surface area contributed by atoms with E-state index in [1.165, 1.54) is 0 Å². The highest BCUT2D eigenvalue weighted by Gasteiger charge is 2.34. The van der Waals surface area contributed by atoms with Gasteiger partial charge in [-0.15, -0.1) is 0 Å². The molecule has 2 rings (SSSR count). The zero-order valence-electron chi connectivity index (χ0n) is 6.04. The molecule has 0 aliphatic carbocycles. The van der Waals surface area contributed by atoms with E-state index in [4.69, 9.17) is 0 Å². The molecule has 0 N–H and O–H groups in total. The van der Waals surface area contributed by atoms with Crippen molar-refractivity contribution in [1.82, 2.24) is 10.0 Å². The van der Waals surface area contributed by atoms with Crippen LogP contribution in [0.1, 0.15) is 12.8 Å². The Balaban J connectivity index is 2.20. The first kappa shape index (κ1) is 7.04. The van der Waals surface area contributed by atoms with E-state index in [9.17, 15) is 9.59 Å². The van der Waals surface area contributed by atoms with E-state index < -0.39 is 0 Å². The third kappa shape index (κ3) is 1.02. The van der Waals surface area contributed by atoms with E-state index >= 15 is 0 Å². The minimum absolute atomic E-state index is 0.106. The molecule has 0 aromatic carbocycles. The van der Waals surface area contributed by atoms with Crippen molar-refractivity contribution in [3.8, 4) is 0 Å². The van der Waals surface area contributed by atoms with Gasteiger partial charge in [0.1, 0.15) is 0 Å². The van der Waals surface area contributed by atoms with Crippen LogP contribution in [0.5, 0.6) is 0 Å². The van der Waals surface area contributed by atoms with Crippen molar-refractivity contribution in [3.63, 3.8) is 0 Å². The first-order valence-electron chi connectivity index (χ1n) is 3.60. The minimum Gasteiger partial charge on any atom is -0.273 e. The molecule has 0 spiro atoms. The lowest BCUT2D eigenvalue weighted by Crippen LogP contribution is -2.48. The number of nitrogens with zero attached hydrogens (tertiary/aromatic N) is 2. The van der Waals surface area contributed by atoms with Gasteiger partial charge in [-0.1, -0.05) is 8.58 Å². The number of hydrogen-bond donors (Lipinski definition) is 0. The van der Waals surface area contributed by atoms with Crippen molar-refractivity contribution in [2.75, 3.05) is 12.6 Å². The largest absolute Gasteiger partial charge is 0.273 e. The molecule has 2 fully saturated rings. The smallest absolute Gasteiger partial charge is 0.242 e. The highest BCUT2D eigenvalue weighted by atomic mass is 31.1. The Morgan fingerprint density at radius 2 is 1.45 bits per heavy atom. The van der Waals surface area contributed by atoms with Gasteiger partial charge in [0.25, 0.3) is 0 Å². The first-order valence-corrected chi connectivity index (χ1v) is 5.02. The molecule has 0 saturated carbocycles. The van der Waals surface area contributed by atoms with Crippen molar-refractivity contribution in [2.24, 2.45) is 0 Å². The zero-order chi connectivity index (χ0) is 7.84. The molecule has 4 nitrogen and oxygen atoms in total. The Labute approximate surface area is 66.3 Å². The highest BCUT2D eigenvalue weighted by Crippen LogP contribution is 2.29. The van der Waals surface area contributed by atoms with Crippen LogP contribution in [0.3, 0.4) is 0 Å². The van der Waals surface area contributed by atoms with Crippen LogP contribution < -0.4 is 0 Å². The summed E-state index contributed by atoms with van der Waals surface area (Å²) < 4.78 is 0. The van der Waals surface area contributed by atoms with Gasteiger partial charge in [0.15, 0.2) is 0 Å². The topological polar surface area (TPSA) is 40.6 Å². The van der Waals surface area contributed by atoms with Crippen LogP contribution >= 0.6 is 8.58 Å². The molecule has 2 saturated heterocycles. The van der Waals surface area contributed by atoms with Crippen molar-refractivity contribution in [3.05, 3.63) is 0 Å². The number of hydrogen-bond acceptors (Lipinski definition) is 2. The van der Waals surface area contributed by atoms with Gasteiger partial charge in [-0.25, -0.2) is 10.0 Å². The van der Waals surface area contributed by atoms with Gasteiger partial charge < -0.3 is 0 Å². The number of fused-ring (bicyclic) bond motifs is 1. The van der Waals surface area contributed by atoms with Gasteiger partial charge in [0.05, 0.1) is 12.6 Å². The summed E-state index contributed by atoms with van der Waals surface area (Å²) in [7, 11) is 0.705. The normalized spacial score (nSPS) is 24.4. The fourth-order valence-electron chi connectivity index (χ4n) is 1.35. The highest BCUT2D eigenvalue weighted by molar-refractivity contribution is 7.38. The summed E-state index contributed by atoms with van der Waals surface area (Å²) in [4.78, 5) is 22.3. The molecule has 2 aliphatic rings. The van der Waals surface area contributed by atoms with Crippen LogP contribution in [0.2, 0.25) is 0 Å². The Morgan fingerprint density at radius 1 is 1.00 bits per heavy atom. The van der Waals surface area contributed by atoms with Crippen molar-refractivity contribution < 1.29 is 9.59 Å². The Morgan fingerprint density at radius 3 is 1.91 bits per heavy atom. The van der Waals surface area contributed by atoms with Crippen molar-refractivity contribution in [2.45, 2.75) is 12.8 Å². The SMILES string of the molecule is O=C1CCC(=O)N2CPCN12. The molecule has 2 amide bonds. The monoisotopic (exact) mass is 172 g/mol. The number of carbonyl (C=O) groups excluding carboxylic acids is 2. The molecular weight excluding hydrogens is 163 g/mol. The van der Waals surface area contributed by atoms with E-state index in [1.807, 2.05) is 0 Å². The zero-order valence-corrected chi connectivity index (χ0v) is 7.04. The predicted molar refractivity (Wildman–Crippen MR) is 41.0 cm³/mol. The molecule has 2 heterocycles. The lowest BCUT2D eigenvalue weighted by atomic mass is 10.2. The molecular formula is C6H9N2O2P. The molecule has 0 aromatic heterocycles. The van der Waals surface area contributed by atoms with Gasteiger partial charge in [-0.3, -0.25) is 9.59 Å². The second kappa shape index (κ2) is 2.45. The van der Waals surface area contributed by atoms with Crippen molar-refractivity contribution in [1.29, 1.82) is 0 Å². The van der Waals surface area contributed by atoms with Gasteiger partial charge >= 0.3 is 0 Å². The molecule has 0 radical (unpaired) electrons. The number of hydrazine groups is 1. The lowest BCUT2D eigenvalue weighted by Gasteiger charge is -2.31. The maximum Gasteiger partial charge on any atom is 0.242 e. The second-order valence-corrected chi connectivity index (χ2v) is 3.79. The second-order valence-electron chi connectivity index (χ2n) is 2.65. The molecule has 2 aliphatic heterocycles. The predicted octanol–water partition coefficient (Wildman–Crippen LogP) is -0.0405. The van der Waals surface area contributed by atoms with Gasteiger partial charge in [-0.05, 0) is 0 Å². The fourth-order valence-corrected chi connectivity index (χ4v) is 2.57. The van der Waals surface area contributed by atoms with Crippen LogP contribution in [0.15, 0.2) is 0 Å². The van der Waals surface area contributed by atoms with Gasteiger partial charge in [0, 0.05) is 12.8 Å². The van der Waals surface area contributed by atoms with E-state index in [1.54, 1.807) is 10.0 Å². The van der Waals surface area contributed by atoms with E-state index in [-0.39, 0.29) is 11.8 Å². The van der Waals surface area contributed by atoms with Crippen LogP contribution in [-0.2, 0) is 9.59 Å².